The molecule has 0 fully saturated rings. The monoisotopic (exact) mass is 238 g/mol. The number of thiazole rings is 1. The van der Waals surface area contributed by atoms with Crippen LogP contribution in [0.15, 0.2) is 17.0 Å². The Morgan fingerprint density at radius 3 is 2.80 bits per heavy atom. The molecule has 0 aliphatic carbocycles. The van der Waals surface area contributed by atoms with Crippen LogP contribution in [0.1, 0.15) is 23.4 Å². The summed E-state index contributed by atoms with van der Waals surface area (Å²) in [5.41, 5.74) is 2.59. The number of aryl methyl sites for hydroxylation is 1. The van der Waals surface area contributed by atoms with Crippen molar-refractivity contribution in [3.63, 3.8) is 0 Å². The molecular formula is C11H14N2S2. The predicted octanol–water partition coefficient (Wildman–Crippen LogP) is 3.46. The topological polar surface area (TPSA) is 24.9 Å². The molecule has 2 nitrogen and oxygen atoms in total. The van der Waals surface area contributed by atoms with E-state index in [9.17, 15) is 0 Å². The largest absolute Gasteiger partial charge is 0.312 e. The van der Waals surface area contributed by atoms with Gasteiger partial charge in [0.05, 0.1) is 0 Å². The van der Waals surface area contributed by atoms with Crippen LogP contribution in [-0.4, -0.2) is 12.0 Å². The van der Waals surface area contributed by atoms with E-state index in [1.807, 2.05) is 13.2 Å². The Morgan fingerprint density at radius 2 is 2.20 bits per heavy atom. The van der Waals surface area contributed by atoms with E-state index in [4.69, 9.17) is 0 Å². The molecule has 0 saturated heterocycles. The quantitative estimate of drug-likeness (QED) is 0.885. The average Bonchev–Trinajstić information content (AvgIpc) is 2.84. The van der Waals surface area contributed by atoms with Gasteiger partial charge >= 0.3 is 0 Å². The van der Waals surface area contributed by atoms with Gasteiger partial charge in [0.1, 0.15) is 5.01 Å². The summed E-state index contributed by atoms with van der Waals surface area (Å²) in [4.78, 5) is 5.76. The molecule has 0 saturated carbocycles. The highest BCUT2D eigenvalue weighted by Gasteiger charge is 2.11. The van der Waals surface area contributed by atoms with Crippen LogP contribution in [0.4, 0.5) is 0 Å². The van der Waals surface area contributed by atoms with Crippen molar-refractivity contribution in [2.24, 2.45) is 0 Å². The molecule has 0 bridgehead atoms. The van der Waals surface area contributed by atoms with Gasteiger partial charge in [-0.25, -0.2) is 4.98 Å². The van der Waals surface area contributed by atoms with Crippen LogP contribution >= 0.6 is 22.7 Å². The molecule has 2 rings (SSSR count). The summed E-state index contributed by atoms with van der Waals surface area (Å²) in [5, 5.41) is 8.69. The number of thiophene rings is 1. The van der Waals surface area contributed by atoms with E-state index in [0.29, 0.717) is 6.04 Å². The lowest BCUT2D eigenvalue weighted by molar-refractivity contribution is 0.662. The molecule has 0 aliphatic heterocycles. The van der Waals surface area contributed by atoms with Crippen molar-refractivity contribution >= 4 is 22.7 Å². The maximum Gasteiger partial charge on any atom is 0.124 e. The summed E-state index contributed by atoms with van der Waals surface area (Å²) in [5.74, 6) is 0. The Bertz CT molecular complexity index is 445. The minimum Gasteiger partial charge on any atom is -0.312 e. The molecule has 0 aromatic carbocycles. The van der Waals surface area contributed by atoms with Gasteiger partial charge in [0.15, 0.2) is 0 Å². The first-order chi connectivity index (χ1) is 7.22. The zero-order valence-electron chi connectivity index (χ0n) is 9.07. The molecule has 0 aliphatic rings. The Morgan fingerprint density at radius 1 is 1.40 bits per heavy atom. The first kappa shape index (κ1) is 10.8. The standard InChI is InChI=1S/C11H14N2S2/c1-7-5-14-6-9(7)11-13-4-10(15-11)8(2)12-3/h4-6,8,12H,1-3H3. The van der Waals surface area contributed by atoms with E-state index < -0.39 is 0 Å². The molecule has 2 aromatic rings. The van der Waals surface area contributed by atoms with E-state index in [1.165, 1.54) is 16.0 Å². The van der Waals surface area contributed by atoms with Crippen LogP contribution < -0.4 is 5.32 Å². The first-order valence-electron chi connectivity index (χ1n) is 4.88. The van der Waals surface area contributed by atoms with Crippen molar-refractivity contribution in [3.05, 3.63) is 27.4 Å². The Balaban J connectivity index is 2.32. The third-order valence-corrected chi connectivity index (χ3v) is 4.54. The van der Waals surface area contributed by atoms with Crippen LogP contribution in [-0.2, 0) is 0 Å². The van der Waals surface area contributed by atoms with E-state index in [-0.39, 0.29) is 0 Å². The van der Waals surface area contributed by atoms with Crippen LogP contribution in [0.5, 0.6) is 0 Å². The second-order valence-corrected chi connectivity index (χ2v) is 5.35. The molecule has 15 heavy (non-hydrogen) atoms. The first-order valence-corrected chi connectivity index (χ1v) is 6.64. The zero-order valence-corrected chi connectivity index (χ0v) is 10.7. The summed E-state index contributed by atoms with van der Waals surface area (Å²) in [6.45, 7) is 4.28. The Labute approximate surface area is 98.0 Å². The van der Waals surface area contributed by atoms with Crippen LogP contribution in [0.3, 0.4) is 0 Å². The zero-order chi connectivity index (χ0) is 10.8. The van der Waals surface area contributed by atoms with Crippen molar-refractivity contribution in [2.45, 2.75) is 19.9 Å². The van der Waals surface area contributed by atoms with Crippen LogP contribution in [0.25, 0.3) is 10.6 Å². The normalized spacial score (nSPS) is 13.0. The molecule has 1 N–H and O–H groups in total. The van der Waals surface area contributed by atoms with Gasteiger partial charge in [-0.05, 0) is 31.8 Å². The fourth-order valence-electron chi connectivity index (χ4n) is 1.33. The lowest BCUT2D eigenvalue weighted by atomic mass is 10.2. The number of aromatic nitrogens is 1. The molecule has 1 atom stereocenters. The minimum atomic E-state index is 0.384. The fraction of sp³-hybridized carbons (Fsp3) is 0.364. The SMILES string of the molecule is CNC(C)c1cnc(-c2cscc2C)s1. The van der Waals surface area contributed by atoms with Crippen molar-refractivity contribution in [2.75, 3.05) is 7.05 Å². The number of hydrogen-bond acceptors (Lipinski definition) is 4. The van der Waals surface area contributed by atoms with E-state index in [0.717, 1.165) is 5.01 Å². The highest BCUT2D eigenvalue weighted by molar-refractivity contribution is 7.15. The van der Waals surface area contributed by atoms with Crippen molar-refractivity contribution in [1.29, 1.82) is 0 Å². The number of hydrogen-bond donors (Lipinski definition) is 1. The second-order valence-electron chi connectivity index (χ2n) is 3.55. The molecule has 80 valence electrons. The molecule has 4 heteroatoms. The molecular weight excluding hydrogens is 224 g/mol. The number of nitrogens with one attached hydrogen (secondary N) is 1. The van der Waals surface area contributed by atoms with Gasteiger partial charge in [-0.3, -0.25) is 0 Å². The summed E-state index contributed by atoms with van der Waals surface area (Å²) in [6.07, 6.45) is 1.97. The molecule has 1 unspecified atom stereocenters. The van der Waals surface area contributed by atoms with Gasteiger partial charge < -0.3 is 5.32 Å². The van der Waals surface area contributed by atoms with Gasteiger partial charge in [0.25, 0.3) is 0 Å². The highest BCUT2D eigenvalue weighted by Crippen LogP contribution is 2.32. The van der Waals surface area contributed by atoms with Crippen molar-refractivity contribution in [3.8, 4) is 10.6 Å². The fourth-order valence-corrected chi connectivity index (χ4v) is 3.30. The third kappa shape index (κ3) is 2.12. The molecule has 0 amide bonds. The van der Waals surface area contributed by atoms with E-state index in [1.54, 1.807) is 22.7 Å². The summed E-state index contributed by atoms with van der Waals surface area (Å²) in [6, 6.07) is 0.384. The van der Waals surface area contributed by atoms with Crippen molar-refractivity contribution < 1.29 is 0 Å². The number of nitrogens with zero attached hydrogens (tertiary/aromatic N) is 1. The smallest absolute Gasteiger partial charge is 0.124 e. The van der Waals surface area contributed by atoms with Gasteiger partial charge in [-0.15, -0.1) is 11.3 Å². The van der Waals surface area contributed by atoms with E-state index in [2.05, 4.69) is 34.9 Å². The maximum absolute atomic E-state index is 4.47. The Kier molecular flexibility index (Phi) is 3.19. The summed E-state index contributed by atoms with van der Waals surface area (Å²) in [7, 11) is 1.97. The number of rotatable bonds is 3. The molecule has 2 heterocycles. The van der Waals surface area contributed by atoms with Gasteiger partial charge in [-0.1, -0.05) is 0 Å². The highest BCUT2D eigenvalue weighted by atomic mass is 32.1. The van der Waals surface area contributed by atoms with Gasteiger partial charge in [0.2, 0.25) is 0 Å². The Hall–Kier alpha value is -0.710. The lowest BCUT2D eigenvalue weighted by Gasteiger charge is -2.04. The summed E-state index contributed by atoms with van der Waals surface area (Å²) >= 11 is 3.51. The molecule has 2 aromatic heterocycles. The molecule has 0 radical (unpaired) electrons. The molecule has 0 spiro atoms. The lowest BCUT2D eigenvalue weighted by Crippen LogP contribution is -2.10. The third-order valence-electron chi connectivity index (χ3n) is 2.47. The average molecular weight is 238 g/mol. The van der Waals surface area contributed by atoms with E-state index >= 15 is 0 Å². The minimum absolute atomic E-state index is 0.384. The van der Waals surface area contributed by atoms with Crippen LogP contribution in [0, 0.1) is 6.92 Å². The van der Waals surface area contributed by atoms with Gasteiger partial charge in [-0.2, -0.15) is 11.3 Å². The van der Waals surface area contributed by atoms with Crippen LogP contribution in [0.2, 0.25) is 0 Å². The van der Waals surface area contributed by atoms with Gasteiger partial charge in [0, 0.05) is 28.1 Å². The second kappa shape index (κ2) is 4.43. The predicted molar refractivity (Wildman–Crippen MR) is 67.6 cm³/mol. The summed E-state index contributed by atoms with van der Waals surface area (Å²) < 4.78 is 0. The maximum atomic E-state index is 4.47. The van der Waals surface area contributed by atoms with Crippen molar-refractivity contribution in [1.82, 2.24) is 10.3 Å².